The van der Waals surface area contributed by atoms with Gasteiger partial charge in [0.2, 0.25) is 0 Å². The minimum atomic E-state index is -0.567. The number of esters is 2. The number of ether oxygens (including phenoxy) is 4. The summed E-state index contributed by atoms with van der Waals surface area (Å²) >= 11 is 0. The molecule has 10 nitrogen and oxygen atoms in total. The van der Waals surface area contributed by atoms with Crippen molar-refractivity contribution in [3.05, 3.63) is 57.6 Å². The molecule has 0 radical (unpaired) electrons. The number of rotatable bonds is 13. The summed E-state index contributed by atoms with van der Waals surface area (Å²) in [6.45, 7) is 17.5. The van der Waals surface area contributed by atoms with Gasteiger partial charge in [-0.15, -0.1) is 0 Å². The smallest absolute Gasteiger partial charge is 0.338 e. The van der Waals surface area contributed by atoms with Crippen LogP contribution in [0.5, 0.6) is 11.5 Å². The predicted octanol–water partition coefficient (Wildman–Crippen LogP) is 6.56. The van der Waals surface area contributed by atoms with Gasteiger partial charge < -0.3 is 24.7 Å². The molecular weight excluding hydrogens is 516 g/mol. The monoisotopic (exact) mass is 560 g/mol. The quantitative estimate of drug-likeness (QED) is 0.125. The first-order valence-corrected chi connectivity index (χ1v) is 13.5. The van der Waals surface area contributed by atoms with Crippen LogP contribution in [0.15, 0.2) is 36.4 Å². The third-order valence-electron chi connectivity index (χ3n) is 4.88. The van der Waals surface area contributed by atoms with Crippen LogP contribution in [0.3, 0.4) is 0 Å². The lowest BCUT2D eigenvalue weighted by Gasteiger charge is -2.12. The van der Waals surface area contributed by atoms with Crippen molar-refractivity contribution in [2.45, 2.75) is 55.4 Å². The molecule has 0 aliphatic carbocycles. The molecule has 222 valence electrons. The first-order chi connectivity index (χ1) is 18.7. The zero-order chi connectivity index (χ0) is 30.4. The number of nitrogens with two attached hydrogens (primary N) is 1. The Bertz CT molecular complexity index is 1110. The number of anilines is 1. The maximum Gasteiger partial charge on any atom is 0.338 e. The number of nitrogen functional groups attached to an aromatic ring is 1. The highest BCUT2D eigenvalue weighted by molar-refractivity contribution is 5.91. The summed E-state index contributed by atoms with van der Waals surface area (Å²) in [7, 11) is 0. The maximum absolute atomic E-state index is 11.8. The number of hydrogen-bond acceptors (Lipinski definition) is 9. The number of nitrogens with zero attached hydrogens (tertiary/aromatic N) is 1. The van der Waals surface area contributed by atoms with Gasteiger partial charge in [0, 0.05) is 6.07 Å². The molecule has 0 amide bonds. The molecule has 0 spiro atoms. The van der Waals surface area contributed by atoms with Gasteiger partial charge in [-0.2, -0.15) is 0 Å². The molecule has 2 rings (SSSR count). The van der Waals surface area contributed by atoms with Gasteiger partial charge in [0.1, 0.15) is 5.75 Å². The maximum atomic E-state index is 11.8. The van der Waals surface area contributed by atoms with Gasteiger partial charge in [0.25, 0.3) is 0 Å². The van der Waals surface area contributed by atoms with Crippen LogP contribution in [-0.4, -0.2) is 43.3 Å². The van der Waals surface area contributed by atoms with E-state index in [1.165, 1.54) is 18.2 Å². The second-order valence-corrected chi connectivity index (χ2v) is 11.1. The zero-order valence-corrected chi connectivity index (χ0v) is 24.9. The topological polar surface area (TPSA) is 140 Å². The van der Waals surface area contributed by atoms with Crippen molar-refractivity contribution in [3.8, 4) is 11.5 Å². The molecule has 2 aromatic rings. The van der Waals surface area contributed by atoms with Crippen molar-refractivity contribution in [3.63, 3.8) is 0 Å². The lowest BCUT2D eigenvalue weighted by Crippen LogP contribution is -2.11. The fourth-order valence-electron chi connectivity index (χ4n) is 2.88. The van der Waals surface area contributed by atoms with Gasteiger partial charge in [-0.3, -0.25) is 10.1 Å². The predicted molar refractivity (Wildman–Crippen MR) is 155 cm³/mol. The third-order valence-corrected chi connectivity index (χ3v) is 4.88. The number of nitro groups is 1. The number of nitro benzene ring substituents is 1. The molecule has 0 saturated carbocycles. The van der Waals surface area contributed by atoms with Crippen LogP contribution in [0.4, 0.5) is 11.4 Å². The molecule has 0 unspecified atom stereocenters. The fraction of sp³-hybridized carbons (Fsp3) is 0.533. The van der Waals surface area contributed by atoms with Crippen molar-refractivity contribution in [1.29, 1.82) is 0 Å². The van der Waals surface area contributed by atoms with Crippen molar-refractivity contribution in [1.82, 2.24) is 0 Å². The lowest BCUT2D eigenvalue weighted by molar-refractivity contribution is -0.385. The lowest BCUT2D eigenvalue weighted by atomic mass is 10.2. The van der Waals surface area contributed by atoms with E-state index in [4.69, 9.17) is 24.7 Å². The molecule has 0 bridgehead atoms. The standard InChI is InChI=1S/C15H21NO5.C15H23NO3/c1-10(2)8-20-14-6-5-12(7-13(14)16(18)19)15(17)21-9-11(3)4;1-10(2)8-18-14-6-5-12(7-13(14)16)15(17)19-9-11(3)4/h5-7,10-11H,8-9H2,1-4H3;5-7,10-11H,8-9,16H2,1-4H3. The largest absolute Gasteiger partial charge is 0.491 e. The van der Waals surface area contributed by atoms with Crippen LogP contribution in [-0.2, 0) is 9.47 Å². The third kappa shape index (κ3) is 12.8. The first-order valence-electron chi connectivity index (χ1n) is 13.5. The Morgan fingerprint density at radius 3 is 1.50 bits per heavy atom. The number of carbonyl (C=O) groups is 2. The summed E-state index contributed by atoms with van der Waals surface area (Å²) in [4.78, 5) is 34.1. The molecule has 0 fully saturated rings. The molecule has 0 aliphatic rings. The Balaban J connectivity index is 0.000000402. The number of carbonyl (C=O) groups excluding carboxylic acids is 2. The molecule has 10 heteroatoms. The van der Waals surface area contributed by atoms with E-state index in [-0.39, 0.29) is 41.4 Å². The molecule has 0 aliphatic heterocycles. The minimum absolute atomic E-state index is 0.152. The van der Waals surface area contributed by atoms with E-state index < -0.39 is 10.9 Å². The Morgan fingerprint density at radius 2 is 1.10 bits per heavy atom. The van der Waals surface area contributed by atoms with Crippen LogP contribution in [0, 0.1) is 33.8 Å². The molecule has 2 aromatic carbocycles. The summed E-state index contributed by atoms with van der Waals surface area (Å²) in [5.41, 5.74) is 6.71. The Kier molecular flexibility index (Phi) is 14.5. The van der Waals surface area contributed by atoms with E-state index in [9.17, 15) is 19.7 Å². The van der Waals surface area contributed by atoms with E-state index in [2.05, 4.69) is 13.8 Å². The summed E-state index contributed by atoms with van der Waals surface area (Å²) in [5, 5.41) is 11.1. The molecule has 0 saturated heterocycles. The minimum Gasteiger partial charge on any atom is -0.491 e. The zero-order valence-electron chi connectivity index (χ0n) is 24.9. The normalized spacial score (nSPS) is 10.8. The van der Waals surface area contributed by atoms with Gasteiger partial charge in [-0.1, -0.05) is 55.4 Å². The highest BCUT2D eigenvalue weighted by Gasteiger charge is 2.20. The fourth-order valence-corrected chi connectivity index (χ4v) is 2.88. The molecule has 0 heterocycles. The Hall–Kier alpha value is -3.82. The van der Waals surface area contributed by atoms with E-state index in [0.717, 1.165) is 0 Å². The van der Waals surface area contributed by atoms with Crippen LogP contribution < -0.4 is 15.2 Å². The summed E-state index contributed by atoms with van der Waals surface area (Å²) < 4.78 is 21.2. The Morgan fingerprint density at radius 1 is 0.700 bits per heavy atom. The van der Waals surface area contributed by atoms with Gasteiger partial charge in [-0.25, -0.2) is 9.59 Å². The molecule has 0 aromatic heterocycles. The van der Waals surface area contributed by atoms with Crippen molar-refractivity contribution in [2.75, 3.05) is 32.2 Å². The number of benzene rings is 2. The molecule has 2 N–H and O–H groups in total. The highest BCUT2D eigenvalue weighted by Crippen LogP contribution is 2.29. The second-order valence-electron chi connectivity index (χ2n) is 11.1. The van der Waals surface area contributed by atoms with E-state index in [1.54, 1.807) is 18.2 Å². The van der Waals surface area contributed by atoms with Gasteiger partial charge in [0.05, 0.1) is 48.2 Å². The Labute approximate surface area is 237 Å². The van der Waals surface area contributed by atoms with Crippen molar-refractivity contribution in [2.24, 2.45) is 23.7 Å². The van der Waals surface area contributed by atoms with Gasteiger partial charge in [0.15, 0.2) is 5.75 Å². The van der Waals surface area contributed by atoms with Crippen LogP contribution in [0.1, 0.15) is 76.1 Å². The average Bonchev–Trinajstić information content (AvgIpc) is 2.88. The molecule has 0 atom stereocenters. The summed E-state index contributed by atoms with van der Waals surface area (Å²) in [6.07, 6.45) is 0. The van der Waals surface area contributed by atoms with Crippen LogP contribution >= 0.6 is 0 Å². The van der Waals surface area contributed by atoms with Gasteiger partial charge in [-0.05, 0) is 54.0 Å². The molecular formula is C30H44N2O8. The molecule has 40 heavy (non-hydrogen) atoms. The van der Waals surface area contributed by atoms with Gasteiger partial charge >= 0.3 is 17.6 Å². The van der Waals surface area contributed by atoms with E-state index >= 15 is 0 Å². The highest BCUT2D eigenvalue weighted by atomic mass is 16.6. The average molecular weight is 561 g/mol. The van der Waals surface area contributed by atoms with Crippen LogP contribution in [0.2, 0.25) is 0 Å². The van der Waals surface area contributed by atoms with E-state index in [0.29, 0.717) is 48.7 Å². The van der Waals surface area contributed by atoms with Crippen LogP contribution in [0.25, 0.3) is 0 Å². The van der Waals surface area contributed by atoms with Crippen molar-refractivity contribution < 1.29 is 33.5 Å². The summed E-state index contributed by atoms with van der Waals surface area (Å²) in [5.74, 6) is 1.05. The first kappa shape index (κ1) is 34.2. The van der Waals surface area contributed by atoms with E-state index in [1.807, 2.05) is 41.5 Å². The number of hydrogen-bond donors (Lipinski definition) is 1. The second kappa shape index (κ2) is 17.0. The van der Waals surface area contributed by atoms with Crippen molar-refractivity contribution >= 4 is 23.3 Å². The SMILES string of the molecule is CC(C)COC(=O)c1ccc(OCC(C)C)c(N)c1.CC(C)COC(=O)c1ccc(OCC(C)C)c([N+](=O)[O-])c1. The summed E-state index contributed by atoms with van der Waals surface area (Å²) in [6, 6.07) is 9.09.